The largest absolute Gasteiger partial charge is 0.480 e. The minimum atomic E-state index is -0.471. The third-order valence-corrected chi connectivity index (χ3v) is 7.00. The first kappa shape index (κ1) is 26.8. The Labute approximate surface area is 234 Å². The Balaban J connectivity index is 1.49. The van der Waals surface area contributed by atoms with Crippen LogP contribution in [0, 0.1) is 0 Å². The molecule has 0 saturated heterocycles. The zero-order valence-electron chi connectivity index (χ0n) is 22.5. The summed E-state index contributed by atoms with van der Waals surface area (Å²) in [7, 11) is 0. The molecule has 40 heavy (non-hydrogen) atoms. The average molecular weight is 533 g/mol. The maximum absolute atomic E-state index is 12.5. The van der Waals surface area contributed by atoms with Crippen molar-refractivity contribution in [2.24, 2.45) is 5.73 Å². The van der Waals surface area contributed by atoms with Crippen LogP contribution in [-0.4, -0.2) is 22.9 Å². The van der Waals surface area contributed by atoms with Crippen LogP contribution in [0.25, 0.3) is 16.6 Å². The van der Waals surface area contributed by atoms with Crippen molar-refractivity contribution >= 4 is 17.4 Å². The Bertz CT molecular complexity index is 1620. The average Bonchev–Trinajstić information content (AvgIpc) is 3.28. The molecule has 0 unspecified atom stereocenters. The van der Waals surface area contributed by atoms with Crippen LogP contribution in [0.2, 0.25) is 0 Å². The molecule has 2 N–H and O–H groups in total. The number of hydrogen-bond acceptors (Lipinski definition) is 4. The highest BCUT2D eigenvalue weighted by Gasteiger charge is 2.23. The number of rotatable bonds is 11. The van der Waals surface area contributed by atoms with Crippen LogP contribution in [0.15, 0.2) is 103 Å². The van der Waals surface area contributed by atoms with Gasteiger partial charge in [-0.2, -0.15) is 0 Å². The lowest BCUT2D eigenvalue weighted by Crippen LogP contribution is -2.16. The van der Waals surface area contributed by atoms with Gasteiger partial charge in [-0.05, 0) is 51.9 Å². The highest BCUT2D eigenvalue weighted by atomic mass is 16.6. The summed E-state index contributed by atoms with van der Waals surface area (Å²) >= 11 is 0. The van der Waals surface area contributed by atoms with Crippen molar-refractivity contribution < 1.29 is 19.1 Å². The molecule has 202 valence electrons. The van der Waals surface area contributed by atoms with Crippen LogP contribution in [0.1, 0.15) is 34.9 Å². The van der Waals surface area contributed by atoms with Gasteiger partial charge in [-0.25, -0.2) is 4.79 Å². The summed E-state index contributed by atoms with van der Waals surface area (Å²) in [6.45, 7) is 2.00. The summed E-state index contributed by atoms with van der Waals surface area (Å²) in [5, 5.41) is 0. The zero-order chi connectivity index (χ0) is 27.9. The first-order valence-corrected chi connectivity index (χ1v) is 13.4. The summed E-state index contributed by atoms with van der Waals surface area (Å²) < 4.78 is 13.5. The fourth-order valence-corrected chi connectivity index (χ4v) is 5.23. The van der Waals surface area contributed by atoms with E-state index in [4.69, 9.17) is 15.2 Å². The molecule has 2 heterocycles. The van der Waals surface area contributed by atoms with Crippen LogP contribution in [0.5, 0.6) is 5.75 Å². The predicted molar refractivity (Wildman–Crippen MR) is 156 cm³/mol. The van der Waals surface area contributed by atoms with Crippen LogP contribution in [0.3, 0.4) is 0 Å². The molecule has 5 aromatic rings. The second-order valence-electron chi connectivity index (χ2n) is 9.63. The molecule has 2 aromatic heterocycles. The number of hydrogen-bond donors (Lipinski definition) is 1. The van der Waals surface area contributed by atoms with E-state index in [-0.39, 0.29) is 19.6 Å². The van der Waals surface area contributed by atoms with Crippen molar-refractivity contribution in [3.63, 3.8) is 0 Å². The summed E-state index contributed by atoms with van der Waals surface area (Å²) in [5.74, 6) is -0.384. The Morgan fingerprint density at radius 1 is 0.825 bits per heavy atom. The molecule has 0 aliphatic carbocycles. The van der Waals surface area contributed by atoms with E-state index in [2.05, 4.69) is 35.6 Å². The molecule has 0 fully saturated rings. The van der Waals surface area contributed by atoms with Gasteiger partial charge in [0.05, 0.1) is 11.9 Å². The van der Waals surface area contributed by atoms with E-state index in [0.717, 1.165) is 39.0 Å². The molecule has 1 amide bonds. The Morgan fingerprint density at radius 2 is 1.52 bits per heavy atom. The minimum Gasteiger partial charge on any atom is -0.480 e. The molecule has 0 spiro atoms. The number of aromatic nitrogens is 1. The van der Waals surface area contributed by atoms with Crippen LogP contribution in [0.4, 0.5) is 0 Å². The maximum Gasteiger partial charge on any atom is 0.344 e. The zero-order valence-corrected chi connectivity index (χ0v) is 22.5. The summed E-state index contributed by atoms with van der Waals surface area (Å²) in [5.41, 5.74) is 13.8. The lowest BCUT2D eigenvalue weighted by Gasteiger charge is -2.13. The molecule has 0 bridgehead atoms. The van der Waals surface area contributed by atoms with Gasteiger partial charge in [0.1, 0.15) is 12.4 Å². The van der Waals surface area contributed by atoms with Crippen LogP contribution in [-0.2, 0) is 40.2 Å². The summed E-state index contributed by atoms with van der Waals surface area (Å²) in [4.78, 5) is 24.7. The molecular formula is C34H32N2O4. The summed E-state index contributed by atoms with van der Waals surface area (Å²) in [6, 6.07) is 31.9. The number of fused-ring (bicyclic) bond motifs is 1. The predicted octanol–water partition coefficient (Wildman–Crippen LogP) is 5.91. The molecule has 0 atom stereocenters. The van der Waals surface area contributed by atoms with Crippen molar-refractivity contribution in [3.8, 4) is 16.9 Å². The molecule has 0 aliphatic heterocycles. The van der Waals surface area contributed by atoms with E-state index >= 15 is 0 Å². The minimum absolute atomic E-state index is 0.0752. The van der Waals surface area contributed by atoms with Gasteiger partial charge in [-0.1, -0.05) is 91.9 Å². The molecule has 0 aliphatic rings. The topological polar surface area (TPSA) is 83.0 Å². The smallest absolute Gasteiger partial charge is 0.344 e. The van der Waals surface area contributed by atoms with E-state index in [1.165, 1.54) is 5.56 Å². The van der Waals surface area contributed by atoms with Crippen molar-refractivity contribution in [2.75, 3.05) is 6.61 Å². The fraction of sp³-hybridized carbons (Fsp3) is 0.176. The van der Waals surface area contributed by atoms with Crippen molar-refractivity contribution in [1.29, 1.82) is 0 Å². The third kappa shape index (κ3) is 5.91. The lowest BCUT2D eigenvalue weighted by molar-refractivity contribution is -0.147. The number of esters is 1. The van der Waals surface area contributed by atoms with Gasteiger partial charge >= 0.3 is 5.97 Å². The Hall–Kier alpha value is -4.84. The Morgan fingerprint density at radius 3 is 2.25 bits per heavy atom. The van der Waals surface area contributed by atoms with E-state index in [0.29, 0.717) is 18.6 Å². The third-order valence-electron chi connectivity index (χ3n) is 7.00. The van der Waals surface area contributed by atoms with Gasteiger partial charge in [-0.3, -0.25) is 4.79 Å². The van der Waals surface area contributed by atoms with E-state index in [1.807, 2.05) is 79.0 Å². The number of ether oxygens (including phenoxy) is 2. The van der Waals surface area contributed by atoms with Gasteiger partial charge in [0.2, 0.25) is 5.91 Å². The molecule has 0 saturated carbocycles. The highest BCUT2D eigenvalue weighted by Crippen LogP contribution is 2.35. The normalized spacial score (nSPS) is 10.9. The number of pyridine rings is 1. The Kier molecular flexibility index (Phi) is 8.26. The number of benzene rings is 3. The first-order chi connectivity index (χ1) is 19.5. The molecule has 6 heteroatoms. The van der Waals surface area contributed by atoms with Crippen LogP contribution >= 0.6 is 0 Å². The monoisotopic (exact) mass is 532 g/mol. The number of primary amides is 1. The maximum atomic E-state index is 12.5. The van der Waals surface area contributed by atoms with Crippen LogP contribution < -0.4 is 10.5 Å². The first-order valence-electron chi connectivity index (χ1n) is 13.4. The summed E-state index contributed by atoms with van der Waals surface area (Å²) in [6.07, 6.45) is 3.41. The second-order valence-corrected chi connectivity index (χ2v) is 9.63. The molecule has 3 aromatic carbocycles. The van der Waals surface area contributed by atoms with Crippen molar-refractivity contribution in [1.82, 2.24) is 4.40 Å². The SMILES string of the molecule is CCc1c(CC(N)=O)c2c(OCC(=O)OCc3ccccc3)cccn2c1Cc1ccccc1-c1ccccc1. The molecule has 5 rings (SSSR count). The molecular weight excluding hydrogens is 500 g/mol. The number of nitrogens with zero attached hydrogens (tertiary/aromatic N) is 1. The number of nitrogens with two attached hydrogens (primary N) is 1. The van der Waals surface area contributed by atoms with Gasteiger partial charge in [-0.15, -0.1) is 0 Å². The van der Waals surface area contributed by atoms with E-state index < -0.39 is 11.9 Å². The van der Waals surface area contributed by atoms with Crippen molar-refractivity contribution in [3.05, 3.63) is 131 Å². The van der Waals surface area contributed by atoms with E-state index in [1.54, 1.807) is 0 Å². The number of carbonyl (C=O) groups excluding carboxylic acids is 2. The van der Waals surface area contributed by atoms with Gasteiger partial charge in [0.25, 0.3) is 0 Å². The van der Waals surface area contributed by atoms with Gasteiger partial charge < -0.3 is 19.6 Å². The number of carbonyl (C=O) groups is 2. The highest BCUT2D eigenvalue weighted by molar-refractivity contribution is 5.83. The van der Waals surface area contributed by atoms with Gasteiger partial charge in [0, 0.05) is 18.3 Å². The van der Waals surface area contributed by atoms with E-state index in [9.17, 15) is 9.59 Å². The van der Waals surface area contributed by atoms with Gasteiger partial charge in [0.15, 0.2) is 6.61 Å². The standard InChI is InChI=1S/C34H32N2O4/c1-2-27-29(21-32(35)37)34-31(39-23-33(38)40-22-24-12-5-3-6-13-24)18-11-19-36(34)30(27)20-26-16-9-10-17-28(26)25-14-7-4-8-15-25/h3-19H,2,20-23H2,1H3,(H2,35,37). The molecule has 6 nitrogen and oxygen atoms in total. The quantitative estimate of drug-likeness (QED) is 0.214. The second kappa shape index (κ2) is 12.3. The lowest BCUT2D eigenvalue weighted by atomic mass is 9.94. The molecule has 0 radical (unpaired) electrons. The fourth-order valence-electron chi connectivity index (χ4n) is 5.23. The number of amides is 1. The van der Waals surface area contributed by atoms with Crippen molar-refractivity contribution in [2.45, 2.75) is 32.8 Å².